The molecule has 1 N–H and O–H groups in total. The van der Waals surface area contributed by atoms with E-state index in [1.807, 2.05) is 0 Å². The van der Waals surface area contributed by atoms with Crippen molar-refractivity contribution in [3.05, 3.63) is 0 Å². The Bertz CT molecular complexity index is 151. The first-order chi connectivity index (χ1) is 6.24. The first-order valence-electron chi connectivity index (χ1n) is 4.12. The topological polar surface area (TPSA) is 57.2 Å². The summed E-state index contributed by atoms with van der Waals surface area (Å²) in [6.45, 7) is 0.205. The van der Waals surface area contributed by atoms with Crippen LogP contribution in [-0.2, 0) is 18.9 Å². The summed E-state index contributed by atoms with van der Waals surface area (Å²) in [5.41, 5.74) is 0. The molecule has 0 aromatic carbocycles. The molecule has 5 heteroatoms. The van der Waals surface area contributed by atoms with E-state index in [4.69, 9.17) is 18.9 Å². The molecule has 1 saturated heterocycles. The molecular formula is C8H16O5. The maximum Gasteiger partial charge on any atom is 0.186 e. The molecule has 1 heterocycles. The highest BCUT2D eigenvalue weighted by Crippen LogP contribution is 2.20. The van der Waals surface area contributed by atoms with E-state index < -0.39 is 24.6 Å². The molecule has 0 radical (unpaired) electrons. The Labute approximate surface area is 77.5 Å². The normalized spacial score (nSPS) is 40.6. The number of aliphatic hydroxyl groups is 1. The van der Waals surface area contributed by atoms with Crippen LogP contribution in [0.1, 0.15) is 0 Å². The van der Waals surface area contributed by atoms with E-state index in [1.165, 1.54) is 21.3 Å². The minimum Gasteiger partial charge on any atom is -0.388 e. The molecule has 0 saturated carbocycles. The van der Waals surface area contributed by atoms with Gasteiger partial charge in [0.15, 0.2) is 6.29 Å². The second-order valence-corrected chi connectivity index (χ2v) is 2.91. The van der Waals surface area contributed by atoms with Crippen LogP contribution in [0.2, 0.25) is 0 Å². The lowest BCUT2D eigenvalue weighted by atomic mass is 10.1. The van der Waals surface area contributed by atoms with Crippen LogP contribution in [0.3, 0.4) is 0 Å². The zero-order chi connectivity index (χ0) is 9.84. The summed E-state index contributed by atoms with van der Waals surface area (Å²) in [7, 11) is 4.59. The molecule has 1 rings (SSSR count). The molecular weight excluding hydrogens is 176 g/mol. The van der Waals surface area contributed by atoms with E-state index >= 15 is 0 Å². The van der Waals surface area contributed by atoms with Gasteiger partial charge in [0.1, 0.15) is 18.3 Å². The van der Waals surface area contributed by atoms with E-state index in [2.05, 4.69) is 0 Å². The molecule has 0 aliphatic carbocycles. The predicted octanol–water partition coefficient (Wildman–Crippen LogP) is -0.620. The quantitative estimate of drug-likeness (QED) is 0.646. The Morgan fingerprint density at radius 3 is 2.15 bits per heavy atom. The third-order valence-corrected chi connectivity index (χ3v) is 2.18. The molecule has 1 aliphatic rings. The highest BCUT2D eigenvalue weighted by Gasteiger charge is 2.40. The second-order valence-electron chi connectivity index (χ2n) is 2.91. The number of rotatable bonds is 3. The van der Waals surface area contributed by atoms with Crippen LogP contribution >= 0.6 is 0 Å². The average molecular weight is 192 g/mol. The summed E-state index contributed by atoms with van der Waals surface area (Å²) in [5, 5.41) is 9.50. The lowest BCUT2D eigenvalue weighted by molar-refractivity contribution is -0.272. The lowest BCUT2D eigenvalue weighted by Crippen LogP contribution is -2.55. The molecule has 1 aliphatic heterocycles. The van der Waals surface area contributed by atoms with Gasteiger partial charge in [-0.15, -0.1) is 0 Å². The minimum atomic E-state index is -0.665. The smallest absolute Gasteiger partial charge is 0.186 e. The van der Waals surface area contributed by atoms with Crippen molar-refractivity contribution in [2.24, 2.45) is 0 Å². The van der Waals surface area contributed by atoms with Crippen LogP contribution in [0.25, 0.3) is 0 Å². The minimum absolute atomic E-state index is 0.205. The predicted molar refractivity (Wildman–Crippen MR) is 44.3 cm³/mol. The molecule has 0 aromatic heterocycles. The molecule has 4 unspecified atom stereocenters. The van der Waals surface area contributed by atoms with E-state index in [0.717, 1.165) is 0 Å². The summed E-state index contributed by atoms with van der Waals surface area (Å²) in [6, 6.07) is 0. The fraction of sp³-hybridized carbons (Fsp3) is 1.00. The summed E-state index contributed by atoms with van der Waals surface area (Å²) in [5.74, 6) is 0. The van der Waals surface area contributed by atoms with Crippen molar-refractivity contribution in [1.82, 2.24) is 0 Å². The Morgan fingerprint density at radius 1 is 1.08 bits per heavy atom. The van der Waals surface area contributed by atoms with Gasteiger partial charge in [-0.2, -0.15) is 0 Å². The Morgan fingerprint density at radius 2 is 1.69 bits per heavy atom. The molecule has 0 amide bonds. The number of aliphatic hydroxyl groups excluding tert-OH is 1. The van der Waals surface area contributed by atoms with Gasteiger partial charge in [-0.3, -0.25) is 0 Å². The Balaban J connectivity index is 2.64. The van der Waals surface area contributed by atoms with Gasteiger partial charge in [0.2, 0.25) is 0 Å². The van der Waals surface area contributed by atoms with Gasteiger partial charge in [0.05, 0.1) is 6.61 Å². The molecule has 13 heavy (non-hydrogen) atoms. The summed E-state index contributed by atoms with van der Waals surface area (Å²) < 4.78 is 20.5. The number of ether oxygens (including phenoxy) is 4. The van der Waals surface area contributed by atoms with E-state index in [9.17, 15) is 5.11 Å². The molecule has 4 atom stereocenters. The van der Waals surface area contributed by atoms with Crippen molar-refractivity contribution < 1.29 is 24.1 Å². The fourth-order valence-electron chi connectivity index (χ4n) is 1.50. The molecule has 1 fully saturated rings. The monoisotopic (exact) mass is 192 g/mol. The van der Waals surface area contributed by atoms with Gasteiger partial charge >= 0.3 is 0 Å². The molecule has 5 nitrogen and oxygen atoms in total. The van der Waals surface area contributed by atoms with Crippen molar-refractivity contribution in [1.29, 1.82) is 0 Å². The number of hydrogen-bond acceptors (Lipinski definition) is 5. The van der Waals surface area contributed by atoms with Crippen LogP contribution in [0.5, 0.6) is 0 Å². The fourth-order valence-corrected chi connectivity index (χ4v) is 1.50. The Kier molecular flexibility index (Phi) is 4.08. The molecule has 78 valence electrons. The van der Waals surface area contributed by atoms with Crippen LogP contribution in [-0.4, -0.2) is 57.6 Å². The van der Waals surface area contributed by atoms with Gasteiger partial charge in [-0.05, 0) is 0 Å². The number of hydrogen-bond donors (Lipinski definition) is 1. The highest BCUT2D eigenvalue weighted by molar-refractivity contribution is 4.84. The lowest BCUT2D eigenvalue weighted by Gasteiger charge is -2.38. The van der Waals surface area contributed by atoms with Gasteiger partial charge in [-0.1, -0.05) is 0 Å². The standard InChI is InChI=1S/C8H16O5/c1-10-6-5(9)4-13-8(12-3)7(6)11-2/h5-9H,4H2,1-3H3. The first kappa shape index (κ1) is 10.9. The maximum atomic E-state index is 9.50. The van der Waals surface area contributed by atoms with Crippen LogP contribution in [0.15, 0.2) is 0 Å². The first-order valence-corrected chi connectivity index (χ1v) is 4.12. The van der Waals surface area contributed by atoms with Crippen molar-refractivity contribution in [3.8, 4) is 0 Å². The van der Waals surface area contributed by atoms with E-state index in [-0.39, 0.29) is 6.61 Å². The molecule has 0 spiro atoms. The van der Waals surface area contributed by atoms with Crippen LogP contribution in [0.4, 0.5) is 0 Å². The van der Waals surface area contributed by atoms with E-state index in [1.54, 1.807) is 0 Å². The van der Waals surface area contributed by atoms with Crippen molar-refractivity contribution in [2.45, 2.75) is 24.6 Å². The van der Waals surface area contributed by atoms with E-state index in [0.29, 0.717) is 0 Å². The van der Waals surface area contributed by atoms with Gasteiger partial charge < -0.3 is 24.1 Å². The van der Waals surface area contributed by atoms with Crippen molar-refractivity contribution in [2.75, 3.05) is 27.9 Å². The third kappa shape index (κ3) is 2.18. The summed E-state index contributed by atoms with van der Waals surface area (Å²) in [6.07, 6.45) is -1.93. The van der Waals surface area contributed by atoms with Crippen molar-refractivity contribution >= 4 is 0 Å². The molecule has 0 bridgehead atoms. The second kappa shape index (κ2) is 4.88. The SMILES string of the molecule is COC1OCC(O)C(OC)C1OC. The average Bonchev–Trinajstić information content (AvgIpc) is 2.17. The van der Waals surface area contributed by atoms with Crippen LogP contribution in [0, 0.1) is 0 Å². The third-order valence-electron chi connectivity index (χ3n) is 2.18. The van der Waals surface area contributed by atoms with Gasteiger partial charge in [-0.25, -0.2) is 0 Å². The summed E-state index contributed by atoms with van der Waals surface area (Å²) >= 11 is 0. The Hall–Kier alpha value is -0.200. The van der Waals surface area contributed by atoms with Crippen molar-refractivity contribution in [3.63, 3.8) is 0 Å². The van der Waals surface area contributed by atoms with Gasteiger partial charge in [0, 0.05) is 21.3 Å². The zero-order valence-corrected chi connectivity index (χ0v) is 8.10. The molecule has 0 aromatic rings. The maximum absolute atomic E-state index is 9.50. The number of methoxy groups -OCH3 is 3. The highest BCUT2D eigenvalue weighted by atomic mass is 16.7. The van der Waals surface area contributed by atoms with Crippen LogP contribution < -0.4 is 0 Å². The van der Waals surface area contributed by atoms with Gasteiger partial charge in [0.25, 0.3) is 0 Å². The zero-order valence-electron chi connectivity index (χ0n) is 8.10. The summed E-state index contributed by atoms with van der Waals surface area (Å²) in [4.78, 5) is 0. The largest absolute Gasteiger partial charge is 0.388 e.